The summed E-state index contributed by atoms with van der Waals surface area (Å²) in [7, 11) is 1.72. The first kappa shape index (κ1) is 24.7. The Morgan fingerprint density at radius 2 is 1.75 bits per heavy atom. The summed E-state index contributed by atoms with van der Waals surface area (Å²) in [4.78, 5) is 18.7. The summed E-state index contributed by atoms with van der Waals surface area (Å²) in [6, 6.07) is 8.68. The molecule has 0 atom stereocenters. The van der Waals surface area contributed by atoms with E-state index in [0.717, 1.165) is 26.1 Å². The number of amides is 1. The molecule has 1 aliphatic heterocycles. The fourth-order valence-corrected chi connectivity index (χ4v) is 3.27. The van der Waals surface area contributed by atoms with Crippen LogP contribution in [-0.4, -0.2) is 54.5 Å². The molecule has 0 aromatic heterocycles. The van der Waals surface area contributed by atoms with Gasteiger partial charge in [0.25, 0.3) is 0 Å². The molecule has 0 spiro atoms. The molecule has 1 heterocycles. The van der Waals surface area contributed by atoms with Gasteiger partial charge >= 0.3 is 0 Å². The van der Waals surface area contributed by atoms with Gasteiger partial charge in [0.1, 0.15) is 0 Å². The fourth-order valence-electron chi connectivity index (χ4n) is 3.27. The number of nitrogens with one attached hydrogen (secondary N) is 3. The number of carbonyl (C=O) groups excluding carboxylic acids is 1. The van der Waals surface area contributed by atoms with Crippen molar-refractivity contribution in [3.8, 4) is 0 Å². The predicted molar refractivity (Wildman–Crippen MR) is 127 cm³/mol. The molecule has 1 amide bonds. The summed E-state index contributed by atoms with van der Waals surface area (Å²) < 4.78 is 0. The topological polar surface area (TPSA) is 68.8 Å². The van der Waals surface area contributed by atoms with E-state index in [2.05, 4.69) is 64.0 Å². The third kappa shape index (κ3) is 7.58. The summed E-state index contributed by atoms with van der Waals surface area (Å²) in [6.07, 6.45) is 1.08. The van der Waals surface area contributed by atoms with Gasteiger partial charge in [-0.15, -0.1) is 24.0 Å². The predicted octanol–water partition coefficient (Wildman–Crippen LogP) is 2.52. The van der Waals surface area contributed by atoms with E-state index in [0.29, 0.717) is 5.96 Å². The first-order valence-electron chi connectivity index (χ1n) is 9.68. The van der Waals surface area contributed by atoms with Crippen molar-refractivity contribution in [2.75, 3.05) is 26.7 Å². The van der Waals surface area contributed by atoms with E-state index in [4.69, 9.17) is 0 Å². The molecule has 7 heteroatoms. The van der Waals surface area contributed by atoms with E-state index >= 15 is 0 Å². The van der Waals surface area contributed by atoms with Gasteiger partial charge in [0.15, 0.2) is 5.96 Å². The van der Waals surface area contributed by atoms with Gasteiger partial charge in [0.2, 0.25) is 5.91 Å². The largest absolute Gasteiger partial charge is 0.355 e. The maximum absolute atomic E-state index is 12.0. The molecule has 6 nitrogen and oxygen atoms in total. The lowest BCUT2D eigenvalue weighted by atomic mass is 9.94. The van der Waals surface area contributed by atoms with Crippen molar-refractivity contribution in [2.24, 2.45) is 4.99 Å². The number of carbonyl (C=O) groups is 1. The third-order valence-corrected chi connectivity index (χ3v) is 4.83. The van der Waals surface area contributed by atoms with Crippen molar-refractivity contribution < 1.29 is 4.79 Å². The highest BCUT2D eigenvalue weighted by molar-refractivity contribution is 14.0. The highest BCUT2D eigenvalue weighted by Gasteiger charge is 2.29. The van der Waals surface area contributed by atoms with Crippen LogP contribution in [0, 0.1) is 0 Å². The second-order valence-corrected chi connectivity index (χ2v) is 8.83. The van der Waals surface area contributed by atoms with Gasteiger partial charge in [-0.05, 0) is 52.2 Å². The van der Waals surface area contributed by atoms with Crippen LogP contribution in [0.25, 0.3) is 0 Å². The molecule has 1 aliphatic rings. The second kappa shape index (κ2) is 10.4. The first-order valence-corrected chi connectivity index (χ1v) is 9.68. The minimum atomic E-state index is -0.234. The first-order chi connectivity index (χ1) is 12.6. The average Bonchev–Trinajstić information content (AvgIpc) is 2.60. The van der Waals surface area contributed by atoms with Crippen molar-refractivity contribution in [1.82, 2.24) is 20.9 Å². The number of nitrogens with zero attached hydrogens (tertiary/aromatic N) is 2. The van der Waals surface area contributed by atoms with E-state index in [1.54, 1.807) is 7.05 Å². The summed E-state index contributed by atoms with van der Waals surface area (Å²) in [5.41, 5.74) is 2.61. The Hall–Kier alpha value is -1.35. The molecular weight excluding hydrogens is 465 g/mol. The van der Waals surface area contributed by atoms with E-state index in [9.17, 15) is 4.79 Å². The number of rotatable bonds is 5. The summed E-state index contributed by atoms with van der Waals surface area (Å²) in [5, 5.41) is 9.40. The molecule has 0 fully saturated rings. The zero-order valence-corrected chi connectivity index (χ0v) is 20.4. The van der Waals surface area contributed by atoms with Crippen LogP contribution in [0.4, 0.5) is 0 Å². The lowest BCUT2D eigenvalue weighted by Crippen LogP contribution is -2.55. The molecule has 1 aromatic rings. The van der Waals surface area contributed by atoms with Crippen molar-refractivity contribution in [1.29, 1.82) is 0 Å². The molecule has 28 heavy (non-hydrogen) atoms. The maximum Gasteiger partial charge on any atom is 0.239 e. The number of guanidine groups is 1. The van der Waals surface area contributed by atoms with Gasteiger partial charge in [0.05, 0.1) is 6.54 Å². The zero-order valence-electron chi connectivity index (χ0n) is 18.1. The normalized spacial score (nSPS) is 15.3. The van der Waals surface area contributed by atoms with Crippen LogP contribution in [0.1, 0.15) is 45.7 Å². The Bertz CT molecular complexity index is 682. The number of fused-ring (bicyclic) bond motifs is 1. The smallest absolute Gasteiger partial charge is 0.239 e. The van der Waals surface area contributed by atoms with Gasteiger partial charge < -0.3 is 16.0 Å². The Labute approximate surface area is 187 Å². The Morgan fingerprint density at radius 1 is 1.11 bits per heavy atom. The molecule has 2 rings (SSSR count). The highest BCUT2D eigenvalue weighted by atomic mass is 127. The lowest BCUT2D eigenvalue weighted by molar-refractivity contribution is -0.121. The number of hydrogen-bond donors (Lipinski definition) is 3. The van der Waals surface area contributed by atoms with Gasteiger partial charge in [-0.25, -0.2) is 0 Å². The molecule has 158 valence electrons. The third-order valence-electron chi connectivity index (χ3n) is 4.83. The molecular formula is C21H36IN5O. The highest BCUT2D eigenvalue weighted by Crippen LogP contribution is 2.24. The van der Waals surface area contributed by atoms with Gasteiger partial charge in [0, 0.05) is 37.8 Å². The lowest BCUT2D eigenvalue weighted by Gasteiger charge is -2.42. The Morgan fingerprint density at radius 3 is 2.36 bits per heavy atom. The molecule has 1 aromatic carbocycles. The Kier molecular flexibility index (Phi) is 9.20. The van der Waals surface area contributed by atoms with Gasteiger partial charge in [-0.3, -0.25) is 14.7 Å². The number of halogens is 1. The van der Waals surface area contributed by atoms with Crippen LogP contribution in [0.3, 0.4) is 0 Å². The van der Waals surface area contributed by atoms with Crippen LogP contribution in [0.15, 0.2) is 29.3 Å². The van der Waals surface area contributed by atoms with E-state index in [-0.39, 0.29) is 47.5 Å². The minimum Gasteiger partial charge on any atom is -0.355 e. The molecule has 0 bridgehead atoms. The fraction of sp³-hybridized carbons (Fsp3) is 0.619. The standard InChI is InChI=1S/C21H35N5O.HI/c1-20(2,3)25-18(27)13-23-19(22-6)24-15-21(4,5)26-12-11-16-9-7-8-10-17(16)14-26;/h7-10H,11-15H2,1-6H3,(H,25,27)(H2,22,23,24);1H. The van der Waals surface area contributed by atoms with Gasteiger partial charge in [-0.2, -0.15) is 0 Å². The van der Waals surface area contributed by atoms with Crippen LogP contribution in [0.2, 0.25) is 0 Å². The van der Waals surface area contributed by atoms with E-state index in [1.165, 1.54) is 11.1 Å². The SMILES string of the molecule is CN=C(NCC(=O)NC(C)(C)C)NCC(C)(C)N1CCc2ccccc2C1.I. The molecule has 0 saturated carbocycles. The average molecular weight is 501 g/mol. The second-order valence-electron chi connectivity index (χ2n) is 8.83. The Balaban J connectivity index is 0.00000392. The van der Waals surface area contributed by atoms with E-state index < -0.39 is 0 Å². The molecule has 0 unspecified atom stereocenters. The van der Waals surface area contributed by atoms with Crippen molar-refractivity contribution in [3.63, 3.8) is 0 Å². The van der Waals surface area contributed by atoms with Crippen LogP contribution >= 0.6 is 24.0 Å². The quantitative estimate of drug-likeness (QED) is 0.330. The monoisotopic (exact) mass is 501 g/mol. The van der Waals surface area contributed by atoms with Gasteiger partial charge in [-0.1, -0.05) is 24.3 Å². The van der Waals surface area contributed by atoms with Crippen LogP contribution < -0.4 is 16.0 Å². The number of aliphatic imine (C=N–C) groups is 1. The molecule has 0 radical (unpaired) electrons. The van der Waals surface area contributed by atoms with E-state index in [1.807, 2.05) is 20.8 Å². The summed E-state index contributed by atoms with van der Waals surface area (Å²) in [6.45, 7) is 13.4. The van der Waals surface area contributed by atoms with Crippen LogP contribution in [-0.2, 0) is 17.8 Å². The number of benzene rings is 1. The van der Waals surface area contributed by atoms with Crippen molar-refractivity contribution in [3.05, 3.63) is 35.4 Å². The summed E-state index contributed by atoms with van der Waals surface area (Å²) >= 11 is 0. The van der Waals surface area contributed by atoms with Crippen LogP contribution in [0.5, 0.6) is 0 Å². The van der Waals surface area contributed by atoms with Crippen molar-refractivity contribution in [2.45, 2.75) is 58.7 Å². The zero-order chi connectivity index (χ0) is 20.1. The number of hydrogen-bond acceptors (Lipinski definition) is 3. The maximum atomic E-state index is 12.0. The minimum absolute atomic E-state index is 0. The molecule has 0 aliphatic carbocycles. The summed E-state index contributed by atoms with van der Waals surface area (Å²) in [5.74, 6) is 0.599. The molecule has 0 saturated heterocycles. The van der Waals surface area contributed by atoms with Crippen molar-refractivity contribution >= 4 is 35.8 Å². The molecule has 3 N–H and O–H groups in total.